The number of ketones is 1. The summed E-state index contributed by atoms with van der Waals surface area (Å²) in [5, 5.41) is 27.9. The highest BCUT2D eigenvalue weighted by Crippen LogP contribution is 2.45. The van der Waals surface area contributed by atoms with Gasteiger partial charge in [-0.2, -0.15) is 0 Å². The number of nitrogens with zero attached hydrogens (tertiary/aromatic N) is 1. The van der Waals surface area contributed by atoms with E-state index in [1.807, 2.05) is 109 Å². The molecule has 6 aromatic rings. The molecule has 0 unspecified atom stereocenters. The molecular weight excluding hydrogens is 838 g/mol. The van der Waals surface area contributed by atoms with Crippen LogP contribution in [0.2, 0.25) is 0 Å². The van der Waals surface area contributed by atoms with Crippen LogP contribution in [-0.2, 0) is 33.2 Å². The minimum Gasteiger partial charge on any atom is -0.506 e. The highest BCUT2D eigenvalue weighted by atomic mass is 16.6. The predicted molar refractivity (Wildman–Crippen MR) is 259 cm³/mol. The number of aliphatic hydroxyl groups excluding tert-OH is 1. The standard InChI is InChI=1S/C50H52B2N4O10/c1-59-21-23-61-25-27-63-29-31-65-37-15-11-35(12-16-37)51-53-41-7-3-5-33-9-19-39(47(55-51)43(33)41)45-49(57)46(50(45)58)40-20-10-34-6-4-8-42-44(34)48(40)56-52(54-42)36-13-17-38(18-14-36)66-32-30-64-28-26-62-24-22-60-2/h3-20,53-55,57H,21-32H2,1-2H3/b46-40-. The number of rotatable bonds is 23. The monoisotopic (exact) mass is 890 g/mol. The smallest absolute Gasteiger partial charge is 0.427 e. The van der Waals surface area contributed by atoms with Gasteiger partial charge >= 0.3 is 14.0 Å². The zero-order chi connectivity index (χ0) is 45.2. The minimum absolute atomic E-state index is 0.0588. The van der Waals surface area contributed by atoms with E-state index in [1.165, 1.54) is 0 Å². The van der Waals surface area contributed by atoms with Crippen LogP contribution in [0, 0.1) is 0 Å². The molecule has 0 radical (unpaired) electrons. The van der Waals surface area contributed by atoms with Gasteiger partial charge in [0, 0.05) is 52.8 Å². The van der Waals surface area contributed by atoms with Crippen LogP contribution in [0.3, 0.4) is 0 Å². The Kier molecular flexibility index (Phi) is 14.4. The molecule has 14 nitrogen and oxygen atoms in total. The molecule has 3 aliphatic rings. The maximum atomic E-state index is 14.5. The Morgan fingerprint density at radius 3 is 1.65 bits per heavy atom. The van der Waals surface area contributed by atoms with Gasteiger partial charge in [0.2, 0.25) is 5.78 Å². The molecule has 2 heterocycles. The number of anilines is 3. The summed E-state index contributed by atoms with van der Waals surface area (Å²) in [5.74, 6) is 1.13. The number of carbonyl (C=O) groups excluding carboxylic acids is 1. The second-order valence-corrected chi connectivity index (χ2v) is 15.9. The molecule has 6 aromatic carbocycles. The summed E-state index contributed by atoms with van der Waals surface area (Å²) in [6.45, 7) is 5.08. The molecule has 2 aliphatic heterocycles. The summed E-state index contributed by atoms with van der Waals surface area (Å²) in [6, 6.07) is 35.5. The van der Waals surface area contributed by atoms with Crippen LogP contribution in [0.15, 0.2) is 120 Å². The van der Waals surface area contributed by atoms with E-state index in [4.69, 9.17) is 42.8 Å². The molecule has 0 atom stereocenters. The highest BCUT2D eigenvalue weighted by Gasteiger charge is 2.39. The number of hydrogen-bond donors (Lipinski definition) is 4. The lowest BCUT2D eigenvalue weighted by molar-refractivity contribution is -0.109. The van der Waals surface area contributed by atoms with Crippen molar-refractivity contribution in [2.75, 3.05) is 109 Å². The van der Waals surface area contributed by atoms with E-state index in [2.05, 4.69) is 15.7 Å². The van der Waals surface area contributed by atoms with Crippen LogP contribution >= 0.6 is 0 Å². The molecule has 0 amide bonds. The van der Waals surface area contributed by atoms with Gasteiger partial charge in [-0.3, -0.25) is 4.79 Å². The van der Waals surface area contributed by atoms with Gasteiger partial charge in [-0.1, -0.05) is 72.8 Å². The number of Topliss-reactive ketones (excluding diaryl/α,β-unsaturated/α-hetero) is 1. The Balaban J connectivity index is 0.938. The molecule has 0 spiro atoms. The van der Waals surface area contributed by atoms with Crippen molar-refractivity contribution < 1.29 is 47.8 Å². The maximum absolute atomic E-state index is 14.5. The second kappa shape index (κ2) is 21.3. The summed E-state index contributed by atoms with van der Waals surface area (Å²) in [7, 11) is 3.29. The van der Waals surface area contributed by atoms with Crippen molar-refractivity contribution in [3.63, 3.8) is 0 Å². The SMILES string of the molecule is COCCOCCOCCOc1ccc(B2N=c3/c(=C4\C(=O)C(c5ccc6cccc7c6c5NB(c5ccc(OCCOCCOCCOC)cc5)N7)=C4O)ccc4cccc(c34)N2)cc1. The van der Waals surface area contributed by atoms with E-state index in [0.29, 0.717) is 101 Å². The second-order valence-electron chi connectivity index (χ2n) is 15.9. The summed E-state index contributed by atoms with van der Waals surface area (Å²) in [4.78, 5) is 19.7. The van der Waals surface area contributed by atoms with Crippen LogP contribution in [0.5, 0.6) is 11.5 Å². The number of benzene rings is 6. The number of hydrogen-bond acceptors (Lipinski definition) is 14. The van der Waals surface area contributed by atoms with Crippen molar-refractivity contribution in [1.82, 2.24) is 0 Å². The van der Waals surface area contributed by atoms with Crippen molar-refractivity contribution in [1.29, 1.82) is 0 Å². The van der Waals surface area contributed by atoms with Gasteiger partial charge < -0.3 is 63.6 Å². The third-order valence-corrected chi connectivity index (χ3v) is 11.7. The van der Waals surface area contributed by atoms with Crippen molar-refractivity contribution in [2.45, 2.75) is 0 Å². The minimum atomic E-state index is -0.449. The average molecular weight is 891 g/mol. The first-order valence-corrected chi connectivity index (χ1v) is 22.2. The van der Waals surface area contributed by atoms with E-state index >= 15 is 0 Å². The molecule has 338 valence electrons. The molecular formula is C50H52B2N4O10. The lowest BCUT2D eigenvalue weighted by Crippen LogP contribution is -2.48. The normalized spacial score (nSPS) is 14.7. The van der Waals surface area contributed by atoms with Gasteiger partial charge in [0.05, 0.1) is 82.6 Å². The van der Waals surface area contributed by atoms with E-state index < -0.39 is 6.98 Å². The van der Waals surface area contributed by atoms with Gasteiger partial charge in [0.15, 0.2) is 0 Å². The summed E-state index contributed by atoms with van der Waals surface area (Å²) in [6.07, 6.45) is 0. The summed E-state index contributed by atoms with van der Waals surface area (Å²) >= 11 is 0. The first kappa shape index (κ1) is 44.8. The fourth-order valence-corrected chi connectivity index (χ4v) is 8.41. The Morgan fingerprint density at radius 1 is 0.530 bits per heavy atom. The molecule has 0 bridgehead atoms. The number of allylic oxidation sites excluding steroid dienone is 2. The van der Waals surface area contributed by atoms with E-state index in [9.17, 15) is 9.90 Å². The zero-order valence-corrected chi connectivity index (χ0v) is 37.1. The predicted octanol–water partition coefficient (Wildman–Crippen LogP) is 4.49. The molecule has 0 saturated heterocycles. The summed E-state index contributed by atoms with van der Waals surface area (Å²) < 4.78 is 43.9. The van der Waals surface area contributed by atoms with Gasteiger partial charge in [-0.15, -0.1) is 0 Å². The number of carbonyl (C=O) groups is 1. The summed E-state index contributed by atoms with van der Waals surface area (Å²) in [5.41, 5.74) is 5.60. The van der Waals surface area contributed by atoms with Crippen LogP contribution in [0.1, 0.15) is 5.56 Å². The van der Waals surface area contributed by atoms with Gasteiger partial charge in [-0.05, 0) is 58.1 Å². The first-order valence-electron chi connectivity index (χ1n) is 22.2. The average Bonchev–Trinajstić information content (AvgIpc) is 3.35. The van der Waals surface area contributed by atoms with Crippen LogP contribution in [-0.4, -0.2) is 118 Å². The lowest BCUT2D eigenvalue weighted by atomic mass is 9.65. The van der Waals surface area contributed by atoms with Gasteiger partial charge in [-0.25, -0.2) is 0 Å². The number of methoxy groups -OCH3 is 2. The molecule has 66 heavy (non-hydrogen) atoms. The topological polar surface area (TPSA) is 160 Å². The van der Waals surface area contributed by atoms with Crippen LogP contribution in [0.25, 0.3) is 32.7 Å². The maximum Gasteiger partial charge on any atom is 0.427 e. The van der Waals surface area contributed by atoms with Crippen molar-refractivity contribution in [3.05, 3.63) is 131 Å². The quantitative estimate of drug-likeness (QED) is 0.0528. The van der Waals surface area contributed by atoms with Crippen molar-refractivity contribution >= 4 is 80.4 Å². The highest BCUT2D eigenvalue weighted by molar-refractivity contribution is 6.80. The largest absolute Gasteiger partial charge is 0.506 e. The number of nitrogens with one attached hydrogen (secondary N) is 3. The van der Waals surface area contributed by atoms with Gasteiger partial charge in [0.25, 0.3) is 0 Å². The Hall–Kier alpha value is -6.39. The fourth-order valence-electron chi connectivity index (χ4n) is 8.41. The fraction of sp³-hybridized carbons (Fsp3) is 0.280. The van der Waals surface area contributed by atoms with Gasteiger partial charge in [0.1, 0.15) is 30.5 Å². The molecule has 9 rings (SSSR count). The Morgan fingerprint density at radius 2 is 1.06 bits per heavy atom. The van der Waals surface area contributed by atoms with Crippen molar-refractivity contribution in [2.24, 2.45) is 4.90 Å². The third-order valence-electron chi connectivity index (χ3n) is 11.7. The lowest BCUT2D eigenvalue weighted by Gasteiger charge is -2.31. The molecule has 16 heteroatoms. The Bertz CT molecular complexity index is 2840. The van der Waals surface area contributed by atoms with Crippen molar-refractivity contribution in [3.8, 4) is 11.5 Å². The molecule has 1 aliphatic carbocycles. The van der Waals surface area contributed by atoms with Crippen LogP contribution in [0.4, 0.5) is 17.1 Å². The molecule has 0 saturated carbocycles. The molecule has 0 aromatic heterocycles. The number of aliphatic hydroxyl groups is 1. The van der Waals surface area contributed by atoms with E-state index in [0.717, 1.165) is 55.3 Å². The molecule has 0 fully saturated rings. The van der Waals surface area contributed by atoms with E-state index in [-0.39, 0.29) is 29.7 Å². The third kappa shape index (κ3) is 9.75. The number of ether oxygens (including phenoxy) is 8. The van der Waals surface area contributed by atoms with E-state index in [1.54, 1.807) is 14.2 Å². The van der Waals surface area contributed by atoms with Crippen LogP contribution < -0.4 is 46.7 Å². The zero-order valence-electron chi connectivity index (χ0n) is 37.1. The first-order chi connectivity index (χ1) is 32.5. The molecule has 4 N–H and O–H groups in total. The Labute approximate surface area is 383 Å².